The van der Waals surface area contributed by atoms with Crippen molar-refractivity contribution in [3.63, 3.8) is 0 Å². The molecule has 0 saturated carbocycles. The Balaban J connectivity index is 3.29. The highest BCUT2D eigenvalue weighted by atomic mass is 16.5. The third-order valence-corrected chi connectivity index (χ3v) is 5.22. The number of ketones is 1. The Morgan fingerprint density at radius 2 is 1.72 bits per heavy atom. The summed E-state index contributed by atoms with van der Waals surface area (Å²) in [4.78, 5) is 40.1. The molecule has 29 heavy (non-hydrogen) atoms. The van der Waals surface area contributed by atoms with Crippen LogP contribution in [0.5, 0.6) is 0 Å². The molecule has 7 nitrogen and oxygen atoms in total. The van der Waals surface area contributed by atoms with Crippen molar-refractivity contribution < 1.29 is 23.9 Å². The zero-order valence-electron chi connectivity index (χ0n) is 19.1. The summed E-state index contributed by atoms with van der Waals surface area (Å²) < 4.78 is 12.1. The molecule has 0 aromatic carbocycles. The van der Waals surface area contributed by atoms with E-state index in [-0.39, 0.29) is 17.6 Å². The Hall–Kier alpha value is -2.15. The number of hydrogen-bond donors (Lipinski definition) is 0. The van der Waals surface area contributed by atoms with Gasteiger partial charge in [0.1, 0.15) is 5.69 Å². The van der Waals surface area contributed by atoms with E-state index in [0.29, 0.717) is 55.2 Å². The highest BCUT2D eigenvalue weighted by molar-refractivity contribution is 6.06. The van der Waals surface area contributed by atoms with Crippen molar-refractivity contribution in [2.75, 3.05) is 26.9 Å². The van der Waals surface area contributed by atoms with Crippen molar-refractivity contribution in [2.45, 2.75) is 67.5 Å². The quantitative estimate of drug-likeness (QED) is 0.319. The van der Waals surface area contributed by atoms with Crippen molar-refractivity contribution >= 4 is 17.7 Å². The third-order valence-electron chi connectivity index (χ3n) is 5.22. The van der Waals surface area contributed by atoms with Gasteiger partial charge in [-0.2, -0.15) is 0 Å². The summed E-state index contributed by atoms with van der Waals surface area (Å²) >= 11 is 0. The summed E-state index contributed by atoms with van der Waals surface area (Å²) in [5.41, 5.74) is 2.19. The fourth-order valence-corrected chi connectivity index (χ4v) is 3.67. The van der Waals surface area contributed by atoms with E-state index in [0.717, 1.165) is 0 Å². The van der Waals surface area contributed by atoms with Crippen LogP contribution in [0.2, 0.25) is 0 Å². The standard InChI is InChI=1S/C22H36N2O5/c1-9-23-16(6)18(15(5)19(23)22(27)28-8)20(25)17(7)24(21(26)14(3)4)12-11-13-29-10-2/h14,17H,9-13H2,1-8H3. The SMILES string of the molecule is CCOCCCN(C(=O)C(C)C)C(C)C(=O)c1c(C)c(C(=O)OC)n(CC)c1C. The first-order chi connectivity index (χ1) is 13.6. The number of Topliss-reactive ketones (excluding diaryl/α,β-unsaturated/α-hetero) is 1. The van der Waals surface area contributed by atoms with Gasteiger partial charge in [-0.1, -0.05) is 13.8 Å². The number of carbonyl (C=O) groups is 3. The van der Waals surface area contributed by atoms with E-state index < -0.39 is 12.0 Å². The van der Waals surface area contributed by atoms with Gasteiger partial charge in [0.05, 0.1) is 13.2 Å². The predicted octanol–water partition coefficient (Wildman–Crippen LogP) is 3.39. The molecular formula is C22H36N2O5. The molecule has 0 aliphatic carbocycles. The van der Waals surface area contributed by atoms with Crippen LogP contribution in [0.15, 0.2) is 0 Å². The first-order valence-electron chi connectivity index (χ1n) is 10.3. The van der Waals surface area contributed by atoms with Crippen molar-refractivity contribution in [3.8, 4) is 0 Å². The summed E-state index contributed by atoms with van der Waals surface area (Å²) in [7, 11) is 1.33. The van der Waals surface area contributed by atoms with Crippen molar-refractivity contribution in [3.05, 3.63) is 22.5 Å². The number of carbonyl (C=O) groups excluding carboxylic acids is 3. The molecule has 1 rings (SSSR count). The molecule has 1 aromatic heterocycles. The van der Waals surface area contributed by atoms with E-state index in [1.807, 2.05) is 34.6 Å². The minimum Gasteiger partial charge on any atom is -0.464 e. The lowest BCUT2D eigenvalue weighted by Gasteiger charge is -2.30. The number of esters is 1. The molecule has 164 valence electrons. The van der Waals surface area contributed by atoms with E-state index in [4.69, 9.17) is 9.47 Å². The molecule has 1 heterocycles. The largest absolute Gasteiger partial charge is 0.464 e. The lowest BCUT2D eigenvalue weighted by atomic mass is 9.98. The molecule has 1 unspecified atom stereocenters. The van der Waals surface area contributed by atoms with Crippen LogP contribution in [0.3, 0.4) is 0 Å². The molecule has 0 spiro atoms. The molecule has 1 aromatic rings. The summed E-state index contributed by atoms with van der Waals surface area (Å²) in [6, 6.07) is -0.637. The summed E-state index contributed by atoms with van der Waals surface area (Å²) in [6.07, 6.45) is 0.658. The van der Waals surface area contributed by atoms with Gasteiger partial charge in [-0.3, -0.25) is 9.59 Å². The minimum absolute atomic E-state index is 0.0687. The molecule has 1 atom stereocenters. The average Bonchev–Trinajstić information content (AvgIpc) is 2.95. The molecule has 0 bridgehead atoms. The Bertz CT molecular complexity index is 736. The number of amides is 1. The first-order valence-corrected chi connectivity index (χ1v) is 10.3. The fraction of sp³-hybridized carbons (Fsp3) is 0.682. The van der Waals surface area contributed by atoms with Crippen LogP contribution in [0, 0.1) is 19.8 Å². The number of rotatable bonds is 11. The van der Waals surface area contributed by atoms with Crippen molar-refractivity contribution in [1.29, 1.82) is 0 Å². The topological polar surface area (TPSA) is 77.8 Å². The maximum Gasteiger partial charge on any atom is 0.354 e. The first kappa shape index (κ1) is 24.9. The lowest BCUT2D eigenvalue weighted by Crippen LogP contribution is -2.46. The molecule has 0 aliphatic heterocycles. The number of ether oxygens (including phenoxy) is 2. The van der Waals surface area contributed by atoms with Crippen LogP contribution < -0.4 is 0 Å². The Labute approximate surface area is 174 Å². The second-order valence-electron chi connectivity index (χ2n) is 7.45. The van der Waals surface area contributed by atoms with E-state index in [1.165, 1.54) is 7.11 Å². The third kappa shape index (κ3) is 5.47. The zero-order chi connectivity index (χ0) is 22.3. The highest BCUT2D eigenvalue weighted by Crippen LogP contribution is 2.26. The van der Waals surface area contributed by atoms with Crippen LogP contribution in [0.4, 0.5) is 0 Å². The smallest absolute Gasteiger partial charge is 0.354 e. The van der Waals surface area contributed by atoms with Gasteiger partial charge in [0.15, 0.2) is 5.78 Å². The number of hydrogen-bond acceptors (Lipinski definition) is 5. The van der Waals surface area contributed by atoms with Crippen LogP contribution in [-0.2, 0) is 20.8 Å². The van der Waals surface area contributed by atoms with Gasteiger partial charge >= 0.3 is 5.97 Å². The van der Waals surface area contributed by atoms with E-state index >= 15 is 0 Å². The summed E-state index contributed by atoms with van der Waals surface area (Å²) in [5.74, 6) is -0.917. The molecule has 0 N–H and O–H groups in total. The molecule has 7 heteroatoms. The Kier molecular flexibility index (Phi) is 9.56. The van der Waals surface area contributed by atoms with Crippen LogP contribution in [-0.4, -0.2) is 60.0 Å². The van der Waals surface area contributed by atoms with Gasteiger partial charge in [0.25, 0.3) is 0 Å². The van der Waals surface area contributed by atoms with Gasteiger partial charge in [-0.15, -0.1) is 0 Å². The molecule has 1 amide bonds. The van der Waals surface area contributed by atoms with Gasteiger partial charge in [0.2, 0.25) is 5.91 Å². The van der Waals surface area contributed by atoms with Gasteiger partial charge in [0, 0.05) is 43.5 Å². The van der Waals surface area contributed by atoms with Crippen LogP contribution >= 0.6 is 0 Å². The van der Waals surface area contributed by atoms with E-state index in [1.54, 1.807) is 23.3 Å². The Morgan fingerprint density at radius 3 is 2.21 bits per heavy atom. The van der Waals surface area contributed by atoms with E-state index in [2.05, 4.69) is 0 Å². The average molecular weight is 409 g/mol. The van der Waals surface area contributed by atoms with Crippen LogP contribution in [0.1, 0.15) is 73.1 Å². The molecule has 0 aliphatic rings. The van der Waals surface area contributed by atoms with Gasteiger partial charge in [-0.25, -0.2) is 4.79 Å². The molecule has 0 fully saturated rings. The van der Waals surface area contributed by atoms with E-state index in [9.17, 15) is 14.4 Å². The summed E-state index contributed by atoms with van der Waals surface area (Å²) in [6.45, 7) is 15.0. The van der Waals surface area contributed by atoms with Gasteiger partial charge < -0.3 is 18.9 Å². The second kappa shape index (κ2) is 11.1. The van der Waals surface area contributed by atoms with Crippen molar-refractivity contribution in [2.24, 2.45) is 5.92 Å². The maximum atomic E-state index is 13.4. The van der Waals surface area contributed by atoms with Crippen molar-refractivity contribution in [1.82, 2.24) is 9.47 Å². The number of aromatic nitrogens is 1. The number of nitrogens with zero attached hydrogens (tertiary/aromatic N) is 2. The fourth-order valence-electron chi connectivity index (χ4n) is 3.67. The predicted molar refractivity (Wildman–Crippen MR) is 112 cm³/mol. The molecule has 0 saturated heterocycles. The Morgan fingerprint density at radius 1 is 1.10 bits per heavy atom. The normalized spacial score (nSPS) is 12.2. The zero-order valence-corrected chi connectivity index (χ0v) is 19.1. The maximum absolute atomic E-state index is 13.4. The van der Waals surface area contributed by atoms with Gasteiger partial charge in [-0.05, 0) is 46.6 Å². The monoisotopic (exact) mass is 408 g/mol. The molecular weight excluding hydrogens is 372 g/mol. The molecule has 0 radical (unpaired) electrons. The second-order valence-corrected chi connectivity index (χ2v) is 7.45. The summed E-state index contributed by atoms with van der Waals surface area (Å²) in [5, 5.41) is 0. The highest BCUT2D eigenvalue weighted by Gasteiger charge is 2.33. The lowest BCUT2D eigenvalue weighted by molar-refractivity contribution is -0.135. The van der Waals surface area contributed by atoms with Crippen LogP contribution in [0.25, 0.3) is 0 Å². The minimum atomic E-state index is -0.637. The number of methoxy groups -OCH3 is 1.